The topological polar surface area (TPSA) is 0 Å². The van der Waals surface area contributed by atoms with Crippen LogP contribution in [0.25, 0.3) is 0 Å². The van der Waals surface area contributed by atoms with Crippen LogP contribution in [0.15, 0.2) is 0 Å². The maximum Gasteiger partial charge on any atom is -0.0323 e. The molecule has 2 heteroatoms. The summed E-state index contributed by atoms with van der Waals surface area (Å²) in [4.78, 5) is 0. The van der Waals surface area contributed by atoms with Crippen LogP contribution < -0.4 is 0 Å². The van der Waals surface area contributed by atoms with Gasteiger partial charge in [0.1, 0.15) is 0 Å². The van der Waals surface area contributed by atoms with Crippen LogP contribution in [0.3, 0.4) is 0 Å². The molecular weight excluding hydrogens is 242 g/mol. The minimum atomic E-state index is 0.387. The highest BCUT2D eigenvalue weighted by molar-refractivity contribution is 7.57. The first-order valence-corrected chi connectivity index (χ1v) is 10.5. The fourth-order valence-corrected chi connectivity index (χ4v) is 5.36. The van der Waals surface area contributed by atoms with E-state index >= 15 is 0 Å². The SMILES string of the molecule is CCCCCCP(CCCP)CCCCCC. The fourth-order valence-electron chi connectivity index (χ4n) is 2.17. The Balaban J connectivity index is 3.56. The molecule has 0 radical (unpaired) electrons. The molecule has 0 fully saturated rings. The monoisotopic (exact) mass is 276 g/mol. The Morgan fingerprint density at radius 1 is 0.647 bits per heavy atom. The molecule has 17 heavy (non-hydrogen) atoms. The van der Waals surface area contributed by atoms with Crippen molar-refractivity contribution in [1.82, 2.24) is 0 Å². The van der Waals surface area contributed by atoms with E-state index in [4.69, 9.17) is 0 Å². The lowest BCUT2D eigenvalue weighted by molar-refractivity contribution is 0.695. The summed E-state index contributed by atoms with van der Waals surface area (Å²) in [5, 5.41) is 0. The first kappa shape index (κ1) is 17.9. The minimum Gasteiger partial charge on any atom is -0.138 e. The first-order chi connectivity index (χ1) is 8.35. The van der Waals surface area contributed by atoms with Gasteiger partial charge in [-0.15, -0.1) is 17.2 Å². The zero-order valence-electron chi connectivity index (χ0n) is 12.2. The lowest BCUT2D eigenvalue weighted by Crippen LogP contribution is -1.97. The van der Waals surface area contributed by atoms with Crippen molar-refractivity contribution in [2.24, 2.45) is 0 Å². The van der Waals surface area contributed by atoms with E-state index in [0.717, 1.165) is 0 Å². The highest BCUT2D eigenvalue weighted by Crippen LogP contribution is 2.38. The van der Waals surface area contributed by atoms with Crippen LogP contribution in [0.4, 0.5) is 0 Å². The molecule has 0 N–H and O–H groups in total. The van der Waals surface area contributed by atoms with Crippen LogP contribution in [-0.2, 0) is 0 Å². The summed E-state index contributed by atoms with van der Waals surface area (Å²) in [5.74, 6) is 0. The maximum atomic E-state index is 2.89. The molecule has 104 valence electrons. The van der Waals surface area contributed by atoms with Crippen molar-refractivity contribution < 1.29 is 0 Å². The number of unbranched alkanes of at least 4 members (excludes halogenated alkanes) is 6. The lowest BCUT2D eigenvalue weighted by Gasteiger charge is -2.17. The van der Waals surface area contributed by atoms with Crippen LogP contribution in [0.5, 0.6) is 0 Å². The summed E-state index contributed by atoms with van der Waals surface area (Å²) in [6.07, 6.45) is 19.0. The van der Waals surface area contributed by atoms with Gasteiger partial charge in [0.05, 0.1) is 0 Å². The van der Waals surface area contributed by atoms with Gasteiger partial charge in [-0.1, -0.05) is 52.4 Å². The van der Waals surface area contributed by atoms with E-state index < -0.39 is 0 Å². The summed E-state index contributed by atoms with van der Waals surface area (Å²) in [7, 11) is 3.27. The van der Waals surface area contributed by atoms with Gasteiger partial charge in [0.2, 0.25) is 0 Å². The average molecular weight is 276 g/mol. The van der Waals surface area contributed by atoms with Crippen molar-refractivity contribution in [1.29, 1.82) is 0 Å². The summed E-state index contributed by atoms with van der Waals surface area (Å²) < 4.78 is 0. The molecule has 0 aromatic heterocycles. The zero-order chi connectivity index (χ0) is 12.8. The molecule has 0 rings (SSSR count). The van der Waals surface area contributed by atoms with Gasteiger partial charge in [-0.2, -0.15) is 0 Å². The second-order valence-corrected chi connectivity index (χ2v) is 8.37. The average Bonchev–Trinajstić information content (AvgIpc) is 2.35. The van der Waals surface area contributed by atoms with Crippen molar-refractivity contribution in [3.8, 4) is 0 Å². The summed E-state index contributed by atoms with van der Waals surface area (Å²) in [6, 6.07) is 0. The Morgan fingerprint density at radius 3 is 1.53 bits per heavy atom. The minimum absolute atomic E-state index is 0.387. The third kappa shape index (κ3) is 13.1. The van der Waals surface area contributed by atoms with Crippen LogP contribution in [0.2, 0.25) is 0 Å². The predicted octanol–water partition coefficient (Wildman–Crippen LogP) is 5.89. The third-order valence-corrected chi connectivity index (χ3v) is 6.59. The van der Waals surface area contributed by atoms with E-state index in [-0.39, 0.29) is 0 Å². The molecule has 0 spiro atoms. The molecule has 0 bridgehead atoms. The molecule has 1 unspecified atom stereocenters. The highest BCUT2D eigenvalue weighted by atomic mass is 31.1. The summed E-state index contributed by atoms with van der Waals surface area (Å²) in [6.45, 7) is 4.61. The van der Waals surface area contributed by atoms with Crippen LogP contribution in [-0.4, -0.2) is 24.6 Å². The number of hydrogen-bond donors (Lipinski definition) is 0. The standard InChI is InChI=1S/C15H34P2/c1-3-5-7-9-13-17(15-11-12-16)14-10-8-6-4-2/h3-16H2,1-2H3. The number of rotatable bonds is 13. The Morgan fingerprint density at radius 2 is 1.12 bits per heavy atom. The first-order valence-electron chi connectivity index (χ1n) is 7.77. The summed E-state index contributed by atoms with van der Waals surface area (Å²) >= 11 is 0. The number of hydrogen-bond acceptors (Lipinski definition) is 0. The Labute approximate surface area is 114 Å². The van der Waals surface area contributed by atoms with Crippen LogP contribution in [0, 0.1) is 0 Å². The third-order valence-electron chi connectivity index (χ3n) is 3.33. The molecule has 1 atom stereocenters. The molecule has 0 saturated heterocycles. The molecule has 0 aliphatic carbocycles. The highest BCUT2D eigenvalue weighted by Gasteiger charge is 2.06. The normalized spacial score (nSPS) is 11.3. The van der Waals surface area contributed by atoms with E-state index in [2.05, 4.69) is 23.1 Å². The largest absolute Gasteiger partial charge is 0.138 e. The molecule has 0 aromatic carbocycles. The molecular formula is C15H34P2. The Kier molecular flexibility index (Phi) is 15.7. The van der Waals surface area contributed by atoms with E-state index in [1.54, 1.807) is 12.3 Å². The van der Waals surface area contributed by atoms with E-state index in [0.29, 0.717) is 7.92 Å². The second kappa shape index (κ2) is 14.9. The van der Waals surface area contributed by atoms with Gasteiger partial charge in [-0.05, 0) is 43.9 Å². The zero-order valence-corrected chi connectivity index (χ0v) is 14.3. The smallest absolute Gasteiger partial charge is 0.0323 e. The van der Waals surface area contributed by atoms with Gasteiger partial charge in [-0.25, -0.2) is 0 Å². The molecule has 0 saturated carbocycles. The van der Waals surface area contributed by atoms with Crippen LogP contribution in [0.1, 0.15) is 71.6 Å². The fraction of sp³-hybridized carbons (Fsp3) is 1.00. The molecule has 0 aliphatic rings. The second-order valence-electron chi connectivity index (χ2n) is 5.11. The van der Waals surface area contributed by atoms with Gasteiger partial charge in [0.25, 0.3) is 0 Å². The van der Waals surface area contributed by atoms with E-state index in [1.165, 1.54) is 70.1 Å². The molecule has 0 amide bonds. The molecule has 0 aliphatic heterocycles. The van der Waals surface area contributed by atoms with Gasteiger partial charge in [-0.3, -0.25) is 0 Å². The predicted molar refractivity (Wildman–Crippen MR) is 89.0 cm³/mol. The maximum absolute atomic E-state index is 2.89. The van der Waals surface area contributed by atoms with Gasteiger partial charge in [0.15, 0.2) is 0 Å². The quantitative estimate of drug-likeness (QED) is 0.290. The van der Waals surface area contributed by atoms with Crippen LogP contribution >= 0.6 is 17.2 Å². The van der Waals surface area contributed by atoms with Gasteiger partial charge < -0.3 is 0 Å². The molecule has 0 nitrogen and oxygen atoms in total. The van der Waals surface area contributed by atoms with Crippen molar-refractivity contribution in [3.63, 3.8) is 0 Å². The van der Waals surface area contributed by atoms with Gasteiger partial charge >= 0.3 is 0 Å². The lowest BCUT2D eigenvalue weighted by atomic mass is 10.2. The Bertz CT molecular complexity index is 125. The Hall–Kier alpha value is 0.860. The molecule has 0 heterocycles. The van der Waals surface area contributed by atoms with Crippen molar-refractivity contribution in [3.05, 3.63) is 0 Å². The van der Waals surface area contributed by atoms with E-state index in [1.807, 2.05) is 0 Å². The van der Waals surface area contributed by atoms with Crippen molar-refractivity contribution in [2.45, 2.75) is 71.6 Å². The van der Waals surface area contributed by atoms with E-state index in [9.17, 15) is 0 Å². The van der Waals surface area contributed by atoms with Crippen molar-refractivity contribution >= 4 is 17.2 Å². The van der Waals surface area contributed by atoms with Crippen molar-refractivity contribution in [2.75, 3.05) is 24.6 Å². The summed E-state index contributed by atoms with van der Waals surface area (Å²) in [5.41, 5.74) is 0. The van der Waals surface area contributed by atoms with Gasteiger partial charge in [0, 0.05) is 0 Å². The molecule has 0 aromatic rings.